The predicted molar refractivity (Wildman–Crippen MR) is 92.8 cm³/mol. The van der Waals surface area contributed by atoms with Crippen LogP contribution in [-0.2, 0) is 10.9 Å². The Kier molecular flexibility index (Phi) is 5.61. The van der Waals surface area contributed by atoms with Crippen LogP contribution in [-0.4, -0.2) is 25.7 Å². The highest BCUT2D eigenvalue weighted by molar-refractivity contribution is 6.00. The van der Waals surface area contributed by atoms with E-state index in [0.29, 0.717) is 35.8 Å². The third-order valence-electron chi connectivity index (χ3n) is 4.28. The number of halogens is 3. The van der Waals surface area contributed by atoms with E-state index in [1.165, 1.54) is 25.0 Å². The number of rotatable bonds is 7. The first-order valence-corrected chi connectivity index (χ1v) is 8.58. The molecule has 26 heavy (non-hydrogen) atoms. The van der Waals surface area contributed by atoms with E-state index in [2.05, 4.69) is 5.32 Å². The van der Waals surface area contributed by atoms with Gasteiger partial charge in [0.1, 0.15) is 0 Å². The summed E-state index contributed by atoms with van der Waals surface area (Å²) in [5.41, 5.74) is 0.872. The van der Waals surface area contributed by atoms with Crippen LogP contribution in [0.1, 0.15) is 28.8 Å². The molecule has 1 saturated carbocycles. The first-order valence-electron chi connectivity index (χ1n) is 8.58. The number of amides is 1. The van der Waals surface area contributed by atoms with E-state index < -0.39 is 11.7 Å². The SMILES string of the molecule is O=C(NCCOCC1CC1)c1ccccc1-c1ccc(C(F)(F)F)cc1. The molecule has 0 saturated heterocycles. The Morgan fingerprint density at radius 2 is 1.77 bits per heavy atom. The Bertz CT molecular complexity index is 752. The van der Waals surface area contributed by atoms with Crippen molar-refractivity contribution in [2.45, 2.75) is 19.0 Å². The molecule has 0 spiro atoms. The van der Waals surface area contributed by atoms with Crippen LogP contribution in [0.4, 0.5) is 13.2 Å². The third kappa shape index (κ3) is 4.85. The molecule has 0 aromatic heterocycles. The Labute approximate surface area is 150 Å². The zero-order chi connectivity index (χ0) is 18.6. The molecule has 2 aromatic rings. The van der Waals surface area contributed by atoms with Gasteiger partial charge in [0.15, 0.2) is 0 Å². The number of hydrogen-bond donors (Lipinski definition) is 1. The molecule has 138 valence electrons. The molecule has 1 aliphatic rings. The van der Waals surface area contributed by atoms with E-state index in [4.69, 9.17) is 4.74 Å². The zero-order valence-electron chi connectivity index (χ0n) is 14.2. The van der Waals surface area contributed by atoms with E-state index in [0.717, 1.165) is 18.7 Å². The highest BCUT2D eigenvalue weighted by Crippen LogP contribution is 2.32. The lowest BCUT2D eigenvalue weighted by Crippen LogP contribution is -2.27. The van der Waals surface area contributed by atoms with Crippen molar-refractivity contribution in [2.24, 2.45) is 5.92 Å². The van der Waals surface area contributed by atoms with Gasteiger partial charge in [0.2, 0.25) is 0 Å². The summed E-state index contributed by atoms with van der Waals surface area (Å²) in [7, 11) is 0. The van der Waals surface area contributed by atoms with Crippen molar-refractivity contribution in [1.29, 1.82) is 0 Å². The number of benzene rings is 2. The van der Waals surface area contributed by atoms with E-state index >= 15 is 0 Å². The van der Waals surface area contributed by atoms with Crippen molar-refractivity contribution in [2.75, 3.05) is 19.8 Å². The molecule has 0 aliphatic heterocycles. The maximum absolute atomic E-state index is 12.7. The fourth-order valence-electron chi connectivity index (χ4n) is 2.64. The van der Waals surface area contributed by atoms with Crippen LogP contribution in [0.3, 0.4) is 0 Å². The molecule has 0 bridgehead atoms. The number of nitrogens with one attached hydrogen (secondary N) is 1. The molecule has 0 radical (unpaired) electrons. The molecular formula is C20H20F3NO2. The average molecular weight is 363 g/mol. The second kappa shape index (κ2) is 7.91. The molecule has 6 heteroatoms. The maximum Gasteiger partial charge on any atom is 0.416 e. The first-order chi connectivity index (χ1) is 12.4. The van der Waals surface area contributed by atoms with Crippen LogP contribution >= 0.6 is 0 Å². The third-order valence-corrected chi connectivity index (χ3v) is 4.28. The second-order valence-corrected chi connectivity index (χ2v) is 6.39. The first kappa shape index (κ1) is 18.5. The van der Waals surface area contributed by atoms with Crippen molar-refractivity contribution < 1.29 is 22.7 Å². The van der Waals surface area contributed by atoms with Crippen LogP contribution in [0.15, 0.2) is 48.5 Å². The topological polar surface area (TPSA) is 38.3 Å². The van der Waals surface area contributed by atoms with Gasteiger partial charge in [0.05, 0.1) is 12.2 Å². The fraction of sp³-hybridized carbons (Fsp3) is 0.350. The van der Waals surface area contributed by atoms with E-state index in [1.54, 1.807) is 24.3 Å². The molecule has 1 N–H and O–H groups in total. The van der Waals surface area contributed by atoms with Crippen LogP contribution in [0, 0.1) is 5.92 Å². The van der Waals surface area contributed by atoms with Gasteiger partial charge in [0, 0.05) is 18.7 Å². The second-order valence-electron chi connectivity index (χ2n) is 6.39. The zero-order valence-corrected chi connectivity index (χ0v) is 14.2. The van der Waals surface area contributed by atoms with Crippen molar-refractivity contribution >= 4 is 5.91 Å². The van der Waals surface area contributed by atoms with E-state index in [9.17, 15) is 18.0 Å². The van der Waals surface area contributed by atoms with E-state index in [1.807, 2.05) is 0 Å². The minimum Gasteiger partial charge on any atom is -0.379 e. The summed E-state index contributed by atoms with van der Waals surface area (Å²) in [6.07, 6.45) is -1.95. The molecule has 3 nitrogen and oxygen atoms in total. The van der Waals surface area contributed by atoms with Gasteiger partial charge >= 0.3 is 6.18 Å². The Balaban J connectivity index is 1.65. The normalized spacial score (nSPS) is 14.3. The number of hydrogen-bond acceptors (Lipinski definition) is 2. The molecule has 1 fully saturated rings. The van der Waals surface area contributed by atoms with Crippen LogP contribution < -0.4 is 5.32 Å². The lowest BCUT2D eigenvalue weighted by molar-refractivity contribution is -0.137. The summed E-state index contributed by atoms with van der Waals surface area (Å²) in [6, 6.07) is 11.7. The molecule has 0 unspecified atom stereocenters. The molecule has 0 atom stereocenters. The van der Waals surface area contributed by atoms with Crippen molar-refractivity contribution in [3.63, 3.8) is 0 Å². The largest absolute Gasteiger partial charge is 0.416 e. The lowest BCUT2D eigenvalue weighted by Gasteiger charge is -2.12. The van der Waals surface area contributed by atoms with Gasteiger partial charge in [-0.15, -0.1) is 0 Å². The average Bonchev–Trinajstić information content (AvgIpc) is 3.45. The highest BCUT2D eigenvalue weighted by Gasteiger charge is 2.30. The quantitative estimate of drug-likeness (QED) is 0.734. The van der Waals surface area contributed by atoms with Crippen LogP contribution in [0.2, 0.25) is 0 Å². The Morgan fingerprint density at radius 3 is 2.42 bits per heavy atom. The van der Waals surface area contributed by atoms with Crippen LogP contribution in [0.5, 0.6) is 0 Å². The molecule has 3 rings (SSSR count). The standard InChI is InChI=1S/C20H20F3NO2/c21-20(22,23)16-9-7-15(8-10-16)17-3-1-2-4-18(17)19(25)24-11-12-26-13-14-5-6-14/h1-4,7-10,14H,5-6,11-13H2,(H,24,25). The van der Waals surface area contributed by atoms with Gasteiger partial charge in [-0.1, -0.05) is 30.3 Å². The molecular weight excluding hydrogens is 343 g/mol. The number of ether oxygens (including phenoxy) is 1. The fourth-order valence-corrected chi connectivity index (χ4v) is 2.64. The van der Waals surface area contributed by atoms with Crippen molar-refractivity contribution in [1.82, 2.24) is 5.32 Å². The summed E-state index contributed by atoms with van der Waals surface area (Å²) >= 11 is 0. The number of carbonyl (C=O) groups excluding carboxylic acids is 1. The molecule has 1 aliphatic carbocycles. The highest BCUT2D eigenvalue weighted by atomic mass is 19.4. The monoisotopic (exact) mass is 363 g/mol. The Hall–Kier alpha value is -2.34. The van der Waals surface area contributed by atoms with Crippen LogP contribution in [0.25, 0.3) is 11.1 Å². The summed E-state index contributed by atoms with van der Waals surface area (Å²) in [5, 5.41) is 2.79. The van der Waals surface area contributed by atoms with Crippen molar-refractivity contribution in [3.05, 3.63) is 59.7 Å². The molecule has 0 heterocycles. The minimum atomic E-state index is -4.38. The van der Waals surface area contributed by atoms with Gasteiger partial charge in [-0.25, -0.2) is 0 Å². The molecule has 1 amide bonds. The Morgan fingerprint density at radius 1 is 1.08 bits per heavy atom. The van der Waals surface area contributed by atoms with Gasteiger partial charge in [-0.05, 0) is 48.1 Å². The van der Waals surface area contributed by atoms with Crippen molar-refractivity contribution in [3.8, 4) is 11.1 Å². The summed E-state index contributed by atoms with van der Waals surface area (Å²) < 4.78 is 43.6. The predicted octanol–water partition coefficient (Wildman–Crippen LogP) is 4.53. The maximum atomic E-state index is 12.7. The van der Waals surface area contributed by atoms with Gasteiger partial charge < -0.3 is 10.1 Å². The smallest absolute Gasteiger partial charge is 0.379 e. The number of alkyl halides is 3. The van der Waals surface area contributed by atoms with E-state index in [-0.39, 0.29) is 5.91 Å². The molecule has 2 aromatic carbocycles. The number of carbonyl (C=O) groups is 1. The van der Waals surface area contributed by atoms with Gasteiger partial charge in [0.25, 0.3) is 5.91 Å². The summed E-state index contributed by atoms with van der Waals surface area (Å²) in [5.74, 6) is 0.404. The summed E-state index contributed by atoms with van der Waals surface area (Å²) in [6.45, 7) is 1.58. The van der Waals surface area contributed by atoms with Gasteiger partial charge in [-0.3, -0.25) is 4.79 Å². The minimum absolute atomic E-state index is 0.268. The summed E-state index contributed by atoms with van der Waals surface area (Å²) in [4.78, 5) is 12.4. The lowest BCUT2D eigenvalue weighted by atomic mass is 9.98. The van der Waals surface area contributed by atoms with Gasteiger partial charge in [-0.2, -0.15) is 13.2 Å².